The van der Waals surface area contributed by atoms with Gasteiger partial charge in [0, 0.05) is 19.8 Å². The Morgan fingerprint density at radius 2 is 2.26 bits per heavy atom. The molecule has 3 N–H and O–H groups in total. The molecule has 5 nitrogen and oxygen atoms in total. The van der Waals surface area contributed by atoms with Crippen molar-refractivity contribution in [2.24, 2.45) is 11.1 Å². The van der Waals surface area contributed by atoms with E-state index in [4.69, 9.17) is 15.2 Å². The highest BCUT2D eigenvalue weighted by molar-refractivity contribution is 5.82. The molecule has 1 amide bonds. The van der Waals surface area contributed by atoms with E-state index in [1.54, 1.807) is 0 Å². The average molecular weight is 272 g/mol. The van der Waals surface area contributed by atoms with E-state index in [0.717, 1.165) is 25.9 Å². The number of ether oxygens (including phenoxy) is 2. The van der Waals surface area contributed by atoms with Gasteiger partial charge in [-0.1, -0.05) is 20.8 Å². The predicted octanol–water partition coefficient (Wildman–Crippen LogP) is 1.06. The Hall–Kier alpha value is -0.650. The summed E-state index contributed by atoms with van der Waals surface area (Å²) in [6.07, 6.45) is 3.30. The van der Waals surface area contributed by atoms with Crippen LogP contribution in [0.5, 0.6) is 0 Å². The molecule has 2 atom stereocenters. The number of carbonyl (C=O) groups is 1. The van der Waals surface area contributed by atoms with Crippen molar-refractivity contribution in [3.63, 3.8) is 0 Å². The molecule has 112 valence electrons. The summed E-state index contributed by atoms with van der Waals surface area (Å²) in [6, 6.07) is -0.472. The molecule has 0 bridgehead atoms. The fourth-order valence-electron chi connectivity index (χ4n) is 1.88. The lowest BCUT2D eigenvalue weighted by molar-refractivity contribution is -0.124. The van der Waals surface area contributed by atoms with Crippen molar-refractivity contribution in [2.45, 2.75) is 52.2 Å². The molecule has 0 spiro atoms. The van der Waals surface area contributed by atoms with E-state index < -0.39 is 6.04 Å². The first-order valence-electron chi connectivity index (χ1n) is 7.14. The van der Waals surface area contributed by atoms with Gasteiger partial charge >= 0.3 is 0 Å². The Balaban J connectivity index is 1.99. The summed E-state index contributed by atoms with van der Waals surface area (Å²) in [5.74, 6) is -0.0911. The lowest BCUT2D eigenvalue weighted by Crippen LogP contribution is -2.48. The third-order valence-corrected chi connectivity index (χ3v) is 3.31. The summed E-state index contributed by atoms with van der Waals surface area (Å²) < 4.78 is 11.0. The summed E-state index contributed by atoms with van der Waals surface area (Å²) >= 11 is 0. The molecule has 19 heavy (non-hydrogen) atoms. The smallest absolute Gasteiger partial charge is 0.237 e. The molecule has 0 aromatic carbocycles. The predicted molar refractivity (Wildman–Crippen MR) is 74.9 cm³/mol. The quantitative estimate of drug-likeness (QED) is 0.680. The number of rotatable bonds is 7. The van der Waals surface area contributed by atoms with Crippen LogP contribution in [-0.4, -0.2) is 44.4 Å². The average Bonchev–Trinajstić information content (AvgIpc) is 2.84. The van der Waals surface area contributed by atoms with E-state index in [0.29, 0.717) is 19.8 Å². The van der Waals surface area contributed by atoms with Gasteiger partial charge in [0.1, 0.15) is 0 Å². The molecule has 0 radical (unpaired) electrons. The van der Waals surface area contributed by atoms with Crippen molar-refractivity contribution < 1.29 is 14.3 Å². The molecule has 1 aliphatic heterocycles. The Morgan fingerprint density at radius 1 is 1.53 bits per heavy atom. The molecular weight excluding hydrogens is 244 g/mol. The van der Waals surface area contributed by atoms with Crippen LogP contribution in [-0.2, 0) is 14.3 Å². The first-order chi connectivity index (χ1) is 8.91. The minimum atomic E-state index is -0.472. The van der Waals surface area contributed by atoms with Crippen molar-refractivity contribution in [1.29, 1.82) is 0 Å². The van der Waals surface area contributed by atoms with Gasteiger partial charge in [-0.25, -0.2) is 0 Å². The van der Waals surface area contributed by atoms with Crippen LogP contribution in [0, 0.1) is 5.41 Å². The van der Waals surface area contributed by atoms with Crippen LogP contribution in [0.1, 0.15) is 40.0 Å². The van der Waals surface area contributed by atoms with Gasteiger partial charge in [-0.15, -0.1) is 0 Å². The molecule has 1 rings (SSSR count). The Bertz CT molecular complexity index is 270. The molecule has 1 heterocycles. The fourth-order valence-corrected chi connectivity index (χ4v) is 1.88. The second-order valence-electron chi connectivity index (χ2n) is 6.20. The summed E-state index contributed by atoms with van der Waals surface area (Å²) in [6.45, 7) is 8.65. The number of carbonyl (C=O) groups excluding carboxylic acids is 1. The highest BCUT2D eigenvalue weighted by Crippen LogP contribution is 2.17. The van der Waals surface area contributed by atoms with Gasteiger partial charge in [0.25, 0.3) is 0 Å². The monoisotopic (exact) mass is 272 g/mol. The normalized spacial score (nSPS) is 21.4. The number of amides is 1. The van der Waals surface area contributed by atoms with Crippen LogP contribution < -0.4 is 11.1 Å². The van der Waals surface area contributed by atoms with Crippen molar-refractivity contribution >= 4 is 5.91 Å². The van der Waals surface area contributed by atoms with E-state index in [-0.39, 0.29) is 17.4 Å². The van der Waals surface area contributed by atoms with E-state index >= 15 is 0 Å². The first kappa shape index (κ1) is 16.4. The molecule has 5 heteroatoms. The van der Waals surface area contributed by atoms with Crippen LogP contribution >= 0.6 is 0 Å². The summed E-state index contributed by atoms with van der Waals surface area (Å²) in [4.78, 5) is 11.7. The third kappa shape index (κ3) is 6.36. The number of nitrogens with two attached hydrogens (primary N) is 1. The van der Waals surface area contributed by atoms with Crippen molar-refractivity contribution in [2.75, 3.05) is 26.4 Å². The SMILES string of the molecule is CC(C)(C)[C@@H](N)C(=O)NCCCOCC1CCCO1. The van der Waals surface area contributed by atoms with Gasteiger partial charge in [-0.3, -0.25) is 4.79 Å². The van der Waals surface area contributed by atoms with Crippen molar-refractivity contribution in [3.8, 4) is 0 Å². The standard InChI is InChI=1S/C14H28N2O3/c1-14(2,3)12(15)13(17)16-7-5-8-18-10-11-6-4-9-19-11/h11-12H,4-10,15H2,1-3H3,(H,16,17)/t11?,12-/m0/s1. The maximum Gasteiger partial charge on any atom is 0.237 e. The molecule has 0 aromatic rings. The third-order valence-electron chi connectivity index (χ3n) is 3.31. The minimum Gasteiger partial charge on any atom is -0.379 e. The van der Waals surface area contributed by atoms with E-state index in [9.17, 15) is 4.79 Å². The van der Waals surface area contributed by atoms with Crippen molar-refractivity contribution in [1.82, 2.24) is 5.32 Å². The molecule has 0 saturated carbocycles. The Morgan fingerprint density at radius 3 is 2.84 bits per heavy atom. The van der Waals surface area contributed by atoms with Crippen LogP contribution in [0.15, 0.2) is 0 Å². The van der Waals surface area contributed by atoms with Gasteiger partial charge in [0.15, 0.2) is 0 Å². The van der Waals surface area contributed by atoms with Gasteiger partial charge in [-0.2, -0.15) is 0 Å². The highest BCUT2D eigenvalue weighted by Gasteiger charge is 2.26. The van der Waals surface area contributed by atoms with Crippen LogP contribution in [0.2, 0.25) is 0 Å². The summed E-state index contributed by atoms with van der Waals surface area (Å²) in [7, 11) is 0. The second kappa shape index (κ2) is 7.82. The van der Waals surface area contributed by atoms with E-state index in [1.165, 1.54) is 0 Å². The van der Waals surface area contributed by atoms with Gasteiger partial charge in [-0.05, 0) is 24.7 Å². The van der Waals surface area contributed by atoms with Gasteiger partial charge in [0.05, 0.1) is 18.8 Å². The molecule has 1 saturated heterocycles. The van der Waals surface area contributed by atoms with Crippen LogP contribution in [0.4, 0.5) is 0 Å². The first-order valence-corrected chi connectivity index (χ1v) is 7.14. The van der Waals surface area contributed by atoms with Gasteiger partial charge in [0.2, 0.25) is 5.91 Å². The highest BCUT2D eigenvalue weighted by atomic mass is 16.5. The van der Waals surface area contributed by atoms with E-state index in [2.05, 4.69) is 5.32 Å². The number of nitrogens with one attached hydrogen (secondary N) is 1. The Kier molecular flexibility index (Phi) is 6.75. The maximum atomic E-state index is 11.7. The fraction of sp³-hybridized carbons (Fsp3) is 0.929. The second-order valence-corrected chi connectivity index (χ2v) is 6.20. The van der Waals surface area contributed by atoms with Crippen LogP contribution in [0.25, 0.3) is 0 Å². The minimum absolute atomic E-state index is 0.0911. The summed E-state index contributed by atoms with van der Waals surface area (Å²) in [5, 5.41) is 2.84. The molecule has 0 aromatic heterocycles. The molecule has 1 unspecified atom stereocenters. The molecular formula is C14H28N2O3. The van der Waals surface area contributed by atoms with Crippen molar-refractivity contribution in [3.05, 3.63) is 0 Å². The Labute approximate surface area is 116 Å². The lowest BCUT2D eigenvalue weighted by atomic mass is 9.87. The molecule has 1 fully saturated rings. The zero-order chi connectivity index (χ0) is 14.3. The lowest BCUT2D eigenvalue weighted by Gasteiger charge is -2.25. The van der Waals surface area contributed by atoms with Crippen LogP contribution in [0.3, 0.4) is 0 Å². The molecule has 0 aliphatic carbocycles. The zero-order valence-corrected chi connectivity index (χ0v) is 12.4. The number of hydrogen-bond donors (Lipinski definition) is 2. The topological polar surface area (TPSA) is 73.6 Å². The maximum absolute atomic E-state index is 11.7. The van der Waals surface area contributed by atoms with Gasteiger partial charge < -0.3 is 20.5 Å². The zero-order valence-electron chi connectivity index (χ0n) is 12.4. The molecule has 1 aliphatic rings. The number of hydrogen-bond acceptors (Lipinski definition) is 4. The summed E-state index contributed by atoms with van der Waals surface area (Å²) in [5.41, 5.74) is 5.65. The largest absolute Gasteiger partial charge is 0.379 e. The van der Waals surface area contributed by atoms with E-state index in [1.807, 2.05) is 20.8 Å².